The number of rotatable bonds is 11. The Balaban J connectivity index is 2.01. The Morgan fingerprint density at radius 3 is 2.31 bits per heavy atom. The first-order valence-electron chi connectivity index (χ1n) is 10.4. The van der Waals surface area contributed by atoms with E-state index in [0.29, 0.717) is 18.5 Å². The van der Waals surface area contributed by atoms with E-state index < -0.39 is 48.1 Å². The minimum absolute atomic E-state index is 0.0236. The number of aliphatic carboxylic acids is 1. The predicted molar refractivity (Wildman–Crippen MR) is 120 cm³/mol. The number of benzene rings is 1. The van der Waals surface area contributed by atoms with Crippen molar-refractivity contribution < 1.29 is 29.4 Å². The molecule has 0 aliphatic carbocycles. The van der Waals surface area contributed by atoms with E-state index >= 15 is 0 Å². The average molecular weight is 467 g/mol. The number of hydrogen-bond donors (Lipinski definition) is 7. The van der Waals surface area contributed by atoms with Gasteiger partial charge in [-0.2, -0.15) is 12.6 Å². The summed E-state index contributed by atoms with van der Waals surface area (Å²) in [5.41, 5.74) is 0.705. The summed E-state index contributed by atoms with van der Waals surface area (Å²) < 4.78 is 0. The van der Waals surface area contributed by atoms with Crippen molar-refractivity contribution in [3.05, 3.63) is 35.9 Å². The first-order valence-corrected chi connectivity index (χ1v) is 11.1. The van der Waals surface area contributed by atoms with Crippen LogP contribution in [0, 0.1) is 0 Å². The van der Waals surface area contributed by atoms with Gasteiger partial charge in [0.25, 0.3) is 0 Å². The van der Waals surface area contributed by atoms with Crippen LogP contribution in [0.15, 0.2) is 30.3 Å². The second-order valence-corrected chi connectivity index (χ2v) is 8.07. The van der Waals surface area contributed by atoms with Gasteiger partial charge in [0.1, 0.15) is 18.1 Å². The molecule has 1 heterocycles. The zero-order chi connectivity index (χ0) is 23.7. The van der Waals surface area contributed by atoms with Crippen LogP contribution in [0.2, 0.25) is 0 Å². The molecule has 5 atom stereocenters. The van der Waals surface area contributed by atoms with Crippen LogP contribution in [0.25, 0.3) is 0 Å². The van der Waals surface area contributed by atoms with E-state index in [0.717, 1.165) is 6.42 Å². The number of carboxylic acid groups (broad SMARTS) is 1. The molecule has 32 heavy (non-hydrogen) atoms. The van der Waals surface area contributed by atoms with E-state index in [4.69, 9.17) is 0 Å². The van der Waals surface area contributed by atoms with Gasteiger partial charge in [-0.15, -0.1) is 0 Å². The fraction of sp³-hybridized carbons (Fsp3) is 0.524. The minimum atomic E-state index is -1.41. The standard InChI is InChI=1S/C21H30N4O6S/c1-12(26)17(20(29)23-15(21(30)31)10-13-6-3-2-4-7-13)25-19(28)16(11-32)24-18(27)14-8-5-9-22-14/h2-4,6-7,12,14-17,22,26,32H,5,8-11H2,1H3,(H,23,29)(H,24,27)(H,25,28)(H,30,31). The summed E-state index contributed by atoms with van der Waals surface area (Å²) in [6.07, 6.45) is 0.237. The number of carbonyl (C=O) groups is 4. The van der Waals surface area contributed by atoms with Gasteiger partial charge in [-0.3, -0.25) is 14.4 Å². The van der Waals surface area contributed by atoms with Crippen LogP contribution in [0.5, 0.6) is 0 Å². The van der Waals surface area contributed by atoms with Gasteiger partial charge in [-0.1, -0.05) is 30.3 Å². The Morgan fingerprint density at radius 1 is 1.09 bits per heavy atom. The van der Waals surface area contributed by atoms with Crippen molar-refractivity contribution in [1.82, 2.24) is 21.3 Å². The first-order chi connectivity index (χ1) is 15.2. The molecule has 11 heteroatoms. The molecule has 0 saturated carbocycles. The summed E-state index contributed by atoms with van der Waals surface area (Å²) in [6.45, 7) is 2.02. The molecule has 5 unspecified atom stereocenters. The van der Waals surface area contributed by atoms with E-state index in [1.54, 1.807) is 30.3 Å². The highest BCUT2D eigenvalue weighted by molar-refractivity contribution is 7.80. The molecule has 0 radical (unpaired) electrons. The van der Waals surface area contributed by atoms with Crippen LogP contribution in [0.4, 0.5) is 0 Å². The van der Waals surface area contributed by atoms with E-state index in [1.165, 1.54) is 6.92 Å². The molecular weight excluding hydrogens is 436 g/mol. The van der Waals surface area contributed by atoms with Crippen molar-refractivity contribution in [3.8, 4) is 0 Å². The Labute approximate surface area is 191 Å². The SMILES string of the molecule is CC(O)C(NC(=O)C(CS)NC(=O)C1CCCN1)C(=O)NC(Cc1ccccc1)C(=O)O. The summed E-state index contributed by atoms with van der Waals surface area (Å²) >= 11 is 4.10. The third-order valence-corrected chi connectivity index (χ3v) is 5.52. The predicted octanol–water partition coefficient (Wildman–Crippen LogP) is -1.17. The van der Waals surface area contributed by atoms with Gasteiger partial charge in [0.05, 0.1) is 12.1 Å². The smallest absolute Gasteiger partial charge is 0.326 e. The Kier molecular flexibility index (Phi) is 9.95. The van der Waals surface area contributed by atoms with E-state index in [9.17, 15) is 29.4 Å². The lowest BCUT2D eigenvalue weighted by molar-refractivity contribution is -0.143. The highest BCUT2D eigenvalue weighted by Crippen LogP contribution is 2.07. The second kappa shape index (κ2) is 12.4. The maximum Gasteiger partial charge on any atom is 0.326 e. The normalized spacial score (nSPS) is 19.3. The monoisotopic (exact) mass is 466 g/mol. The molecule has 0 bridgehead atoms. The molecule has 1 fully saturated rings. The first kappa shape index (κ1) is 25.6. The molecule has 1 aliphatic heterocycles. The minimum Gasteiger partial charge on any atom is -0.480 e. The lowest BCUT2D eigenvalue weighted by Gasteiger charge is -2.26. The zero-order valence-corrected chi connectivity index (χ0v) is 18.7. The number of thiol groups is 1. The molecule has 176 valence electrons. The summed E-state index contributed by atoms with van der Waals surface area (Å²) in [7, 11) is 0. The Morgan fingerprint density at radius 2 is 1.78 bits per heavy atom. The third-order valence-electron chi connectivity index (χ3n) is 5.15. The molecule has 1 aliphatic rings. The number of nitrogens with one attached hydrogen (secondary N) is 4. The largest absolute Gasteiger partial charge is 0.480 e. The van der Waals surface area contributed by atoms with Gasteiger partial charge in [-0.05, 0) is 31.9 Å². The summed E-state index contributed by atoms with van der Waals surface area (Å²) in [4.78, 5) is 49.3. The lowest BCUT2D eigenvalue weighted by Crippen LogP contribution is -2.60. The van der Waals surface area contributed by atoms with E-state index in [2.05, 4.69) is 33.9 Å². The van der Waals surface area contributed by atoms with E-state index in [1.807, 2.05) is 0 Å². The number of carbonyl (C=O) groups excluding carboxylic acids is 3. The molecule has 3 amide bonds. The number of carboxylic acids is 1. The number of amides is 3. The van der Waals surface area contributed by atoms with Gasteiger partial charge in [-0.25, -0.2) is 4.79 Å². The van der Waals surface area contributed by atoms with Crippen LogP contribution in [0.3, 0.4) is 0 Å². The summed E-state index contributed by atoms with van der Waals surface area (Å²) in [6, 6.07) is 4.67. The molecule has 2 rings (SSSR count). The number of hydrogen-bond acceptors (Lipinski definition) is 7. The quantitative estimate of drug-likeness (QED) is 0.203. The van der Waals surface area contributed by atoms with Crippen LogP contribution in [-0.4, -0.2) is 76.5 Å². The van der Waals surface area contributed by atoms with Crippen molar-refractivity contribution in [1.29, 1.82) is 0 Å². The van der Waals surface area contributed by atoms with Gasteiger partial charge < -0.3 is 31.5 Å². The molecular formula is C21H30N4O6S. The fourth-order valence-corrected chi connectivity index (χ4v) is 3.60. The van der Waals surface area contributed by atoms with Gasteiger partial charge in [0.2, 0.25) is 17.7 Å². The van der Waals surface area contributed by atoms with Crippen molar-refractivity contribution in [2.75, 3.05) is 12.3 Å². The van der Waals surface area contributed by atoms with Crippen molar-refractivity contribution in [2.24, 2.45) is 0 Å². The summed E-state index contributed by atoms with van der Waals surface area (Å²) in [5, 5.41) is 29.9. The topological polar surface area (TPSA) is 157 Å². The van der Waals surface area contributed by atoms with Crippen molar-refractivity contribution in [3.63, 3.8) is 0 Å². The molecule has 0 aromatic heterocycles. The average Bonchev–Trinajstić information content (AvgIpc) is 3.30. The lowest BCUT2D eigenvalue weighted by atomic mass is 10.0. The maximum absolute atomic E-state index is 12.7. The Bertz CT molecular complexity index is 801. The fourth-order valence-electron chi connectivity index (χ4n) is 3.35. The molecule has 6 N–H and O–H groups in total. The third kappa shape index (κ3) is 7.50. The summed E-state index contributed by atoms with van der Waals surface area (Å²) in [5.74, 6) is -3.17. The van der Waals surface area contributed by atoms with Gasteiger partial charge >= 0.3 is 5.97 Å². The highest BCUT2D eigenvalue weighted by Gasteiger charge is 2.33. The molecule has 1 saturated heterocycles. The number of aliphatic hydroxyl groups is 1. The van der Waals surface area contributed by atoms with Crippen molar-refractivity contribution in [2.45, 2.75) is 56.5 Å². The van der Waals surface area contributed by atoms with Crippen LogP contribution >= 0.6 is 12.6 Å². The molecule has 1 aromatic carbocycles. The highest BCUT2D eigenvalue weighted by atomic mass is 32.1. The van der Waals surface area contributed by atoms with Crippen LogP contribution in [0.1, 0.15) is 25.3 Å². The van der Waals surface area contributed by atoms with Gasteiger partial charge in [0, 0.05) is 12.2 Å². The zero-order valence-electron chi connectivity index (χ0n) is 17.8. The van der Waals surface area contributed by atoms with Crippen LogP contribution in [-0.2, 0) is 25.6 Å². The second-order valence-electron chi connectivity index (χ2n) is 7.71. The molecule has 1 aromatic rings. The van der Waals surface area contributed by atoms with Gasteiger partial charge in [0.15, 0.2) is 0 Å². The van der Waals surface area contributed by atoms with Crippen molar-refractivity contribution >= 4 is 36.3 Å². The molecule has 10 nitrogen and oxygen atoms in total. The Hall–Kier alpha value is -2.63. The number of aliphatic hydroxyl groups excluding tert-OH is 1. The maximum atomic E-state index is 12.7. The van der Waals surface area contributed by atoms with Crippen LogP contribution < -0.4 is 21.3 Å². The molecule has 0 spiro atoms. The van der Waals surface area contributed by atoms with E-state index in [-0.39, 0.29) is 18.1 Å².